The number of nitrogens with two attached hydrogens (primary N) is 1. The van der Waals surface area contributed by atoms with Gasteiger partial charge >= 0.3 is 0 Å². The summed E-state index contributed by atoms with van der Waals surface area (Å²) in [6, 6.07) is 0.420. The van der Waals surface area contributed by atoms with Gasteiger partial charge in [0.1, 0.15) is 0 Å². The molecule has 2 atom stereocenters. The maximum absolute atomic E-state index is 5.43. The lowest BCUT2D eigenvalue weighted by Gasteiger charge is -2.21. The Hall–Kier alpha value is -0.520. The Morgan fingerprint density at radius 2 is 2.25 bits per heavy atom. The van der Waals surface area contributed by atoms with Gasteiger partial charge in [-0.05, 0) is 18.8 Å². The molecule has 0 heterocycles. The Labute approximate surface area is 75.9 Å². The largest absolute Gasteiger partial charge is 0.271 e. The summed E-state index contributed by atoms with van der Waals surface area (Å²) in [5, 5.41) is 0. The zero-order valence-corrected chi connectivity index (χ0v) is 8.14. The Morgan fingerprint density at radius 3 is 2.67 bits per heavy atom. The van der Waals surface area contributed by atoms with Crippen LogP contribution < -0.4 is 11.3 Å². The van der Waals surface area contributed by atoms with Crippen molar-refractivity contribution in [3.63, 3.8) is 0 Å². The maximum Gasteiger partial charge on any atom is 0.0236 e. The van der Waals surface area contributed by atoms with Gasteiger partial charge in [-0.3, -0.25) is 11.3 Å². The zero-order valence-electron chi connectivity index (χ0n) is 8.14. The Bertz CT molecular complexity index is 137. The van der Waals surface area contributed by atoms with Crippen LogP contribution in [0, 0.1) is 18.3 Å². The monoisotopic (exact) mass is 168 g/mol. The topological polar surface area (TPSA) is 38.0 Å². The molecule has 0 aromatic heterocycles. The number of rotatable bonds is 6. The first-order valence-corrected chi connectivity index (χ1v) is 4.65. The van der Waals surface area contributed by atoms with Gasteiger partial charge in [-0.2, -0.15) is 0 Å². The Morgan fingerprint density at radius 1 is 1.58 bits per heavy atom. The molecule has 0 fully saturated rings. The highest BCUT2D eigenvalue weighted by Gasteiger charge is 2.12. The fraction of sp³-hybridized carbons (Fsp3) is 0.800. The normalized spacial score (nSPS) is 15.2. The summed E-state index contributed by atoms with van der Waals surface area (Å²) < 4.78 is 0. The van der Waals surface area contributed by atoms with Crippen LogP contribution in [0.1, 0.15) is 39.5 Å². The van der Waals surface area contributed by atoms with E-state index in [4.69, 9.17) is 12.3 Å². The third-order valence-corrected chi connectivity index (χ3v) is 2.38. The van der Waals surface area contributed by atoms with Crippen LogP contribution in [-0.4, -0.2) is 6.04 Å². The number of unbranched alkanes of at least 4 members (excludes halogenated alkanes) is 1. The van der Waals surface area contributed by atoms with Crippen molar-refractivity contribution in [1.82, 2.24) is 5.43 Å². The summed E-state index contributed by atoms with van der Waals surface area (Å²) in [7, 11) is 0. The number of terminal acetylenes is 1. The number of hydrogen-bond donors (Lipinski definition) is 2. The highest BCUT2D eigenvalue weighted by molar-refractivity contribution is 4.84. The molecule has 12 heavy (non-hydrogen) atoms. The first-order chi connectivity index (χ1) is 5.76. The maximum atomic E-state index is 5.43. The summed E-state index contributed by atoms with van der Waals surface area (Å²) in [5.41, 5.74) is 2.84. The van der Waals surface area contributed by atoms with Crippen molar-refractivity contribution in [2.75, 3.05) is 0 Å². The summed E-state index contributed by atoms with van der Waals surface area (Å²) in [4.78, 5) is 0. The summed E-state index contributed by atoms with van der Waals surface area (Å²) in [6.45, 7) is 4.39. The minimum Gasteiger partial charge on any atom is -0.271 e. The smallest absolute Gasteiger partial charge is 0.0236 e. The molecule has 0 aliphatic rings. The lowest BCUT2D eigenvalue weighted by molar-refractivity contribution is 0.347. The van der Waals surface area contributed by atoms with E-state index in [1.54, 1.807) is 0 Å². The van der Waals surface area contributed by atoms with Crippen LogP contribution in [0.5, 0.6) is 0 Å². The molecule has 3 N–H and O–H groups in total. The third kappa shape index (κ3) is 4.38. The number of hydrazine groups is 1. The van der Waals surface area contributed by atoms with Gasteiger partial charge in [-0.25, -0.2) is 0 Å². The van der Waals surface area contributed by atoms with Crippen molar-refractivity contribution < 1.29 is 0 Å². The molecule has 70 valence electrons. The Kier molecular flexibility index (Phi) is 6.84. The van der Waals surface area contributed by atoms with Crippen molar-refractivity contribution in [2.45, 2.75) is 45.6 Å². The minimum atomic E-state index is 0.420. The Balaban J connectivity index is 3.61. The molecule has 2 heteroatoms. The molecule has 0 aromatic rings. The van der Waals surface area contributed by atoms with E-state index in [9.17, 15) is 0 Å². The second-order valence-electron chi connectivity index (χ2n) is 3.26. The van der Waals surface area contributed by atoms with Gasteiger partial charge in [0.05, 0.1) is 0 Å². The van der Waals surface area contributed by atoms with E-state index in [0.717, 1.165) is 25.7 Å². The van der Waals surface area contributed by atoms with E-state index in [2.05, 4.69) is 25.2 Å². The van der Waals surface area contributed by atoms with Crippen molar-refractivity contribution >= 4 is 0 Å². The van der Waals surface area contributed by atoms with Crippen molar-refractivity contribution in [3.05, 3.63) is 0 Å². The zero-order chi connectivity index (χ0) is 9.40. The van der Waals surface area contributed by atoms with Gasteiger partial charge in [-0.1, -0.05) is 20.3 Å². The number of hydrogen-bond acceptors (Lipinski definition) is 2. The minimum absolute atomic E-state index is 0.420. The second kappa shape index (κ2) is 7.15. The van der Waals surface area contributed by atoms with E-state index in [0.29, 0.717) is 12.0 Å². The molecular formula is C10H20N2. The van der Waals surface area contributed by atoms with Gasteiger partial charge in [0.25, 0.3) is 0 Å². The highest BCUT2D eigenvalue weighted by atomic mass is 15.2. The molecule has 0 saturated carbocycles. The molecule has 0 aliphatic heterocycles. The van der Waals surface area contributed by atoms with E-state index in [1.807, 2.05) is 0 Å². The molecule has 0 amide bonds. The fourth-order valence-corrected chi connectivity index (χ4v) is 1.24. The molecule has 2 unspecified atom stereocenters. The molecular weight excluding hydrogens is 148 g/mol. The van der Waals surface area contributed by atoms with Crippen LogP contribution in [0.15, 0.2) is 0 Å². The molecule has 0 spiro atoms. The molecule has 2 nitrogen and oxygen atoms in total. The van der Waals surface area contributed by atoms with Gasteiger partial charge in [0, 0.05) is 12.5 Å². The first-order valence-electron chi connectivity index (χ1n) is 4.65. The predicted octanol–water partition coefficient (Wildman–Crippen LogP) is 1.67. The summed E-state index contributed by atoms with van der Waals surface area (Å²) in [5.74, 6) is 8.70. The number of nitrogens with one attached hydrogen (secondary N) is 1. The van der Waals surface area contributed by atoms with Crippen molar-refractivity contribution in [1.29, 1.82) is 0 Å². The van der Waals surface area contributed by atoms with Gasteiger partial charge < -0.3 is 0 Å². The molecule has 0 aliphatic carbocycles. The third-order valence-electron chi connectivity index (χ3n) is 2.38. The molecule has 0 bridgehead atoms. The van der Waals surface area contributed by atoms with Crippen molar-refractivity contribution in [2.24, 2.45) is 11.8 Å². The quantitative estimate of drug-likeness (QED) is 0.274. The van der Waals surface area contributed by atoms with Crippen LogP contribution in [-0.2, 0) is 0 Å². The average molecular weight is 168 g/mol. The molecule has 0 rings (SSSR count). The van der Waals surface area contributed by atoms with E-state index < -0.39 is 0 Å². The van der Waals surface area contributed by atoms with Crippen LogP contribution in [0.3, 0.4) is 0 Å². The fourth-order valence-electron chi connectivity index (χ4n) is 1.24. The van der Waals surface area contributed by atoms with Gasteiger partial charge in [-0.15, -0.1) is 12.3 Å². The molecule has 0 aromatic carbocycles. The average Bonchev–Trinajstić information content (AvgIpc) is 2.11. The standard InChI is InChI=1S/C10H20N2/c1-4-6-7-8-10(12-11)9(3)5-2/h1,9-10,12H,5-8,11H2,2-3H3. The van der Waals surface area contributed by atoms with Gasteiger partial charge in [0.2, 0.25) is 0 Å². The lowest BCUT2D eigenvalue weighted by atomic mass is 9.95. The van der Waals surface area contributed by atoms with E-state index in [-0.39, 0.29) is 0 Å². The van der Waals surface area contributed by atoms with Crippen molar-refractivity contribution in [3.8, 4) is 12.3 Å². The predicted molar refractivity (Wildman–Crippen MR) is 53.3 cm³/mol. The SMILES string of the molecule is C#CCCCC(NN)C(C)CC. The molecule has 0 radical (unpaired) electrons. The van der Waals surface area contributed by atoms with Crippen LogP contribution in [0.2, 0.25) is 0 Å². The molecule has 0 saturated heterocycles. The van der Waals surface area contributed by atoms with E-state index in [1.165, 1.54) is 0 Å². The summed E-state index contributed by atoms with van der Waals surface area (Å²) >= 11 is 0. The van der Waals surface area contributed by atoms with E-state index >= 15 is 0 Å². The summed E-state index contributed by atoms with van der Waals surface area (Å²) in [6.07, 6.45) is 9.32. The highest BCUT2D eigenvalue weighted by Crippen LogP contribution is 2.12. The van der Waals surface area contributed by atoms with Crippen LogP contribution in [0.4, 0.5) is 0 Å². The first kappa shape index (κ1) is 11.5. The van der Waals surface area contributed by atoms with Gasteiger partial charge in [0.15, 0.2) is 0 Å². The lowest BCUT2D eigenvalue weighted by Crippen LogP contribution is -2.39. The van der Waals surface area contributed by atoms with Crippen LogP contribution in [0.25, 0.3) is 0 Å². The second-order valence-corrected chi connectivity index (χ2v) is 3.26. The van der Waals surface area contributed by atoms with Crippen LogP contribution >= 0.6 is 0 Å².